The molecule has 0 saturated carbocycles. The number of carbonyl (C=O) groups excluding carboxylic acids is 2. The van der Waals surface area contributed by atoms with Crippen molar-refractivity contribution in [3.63, 3.8) is 0 Å². The van der Waals surface area contributed by atoms with Crippen molar-refractivity contribution in [1.82, 2.24) is 10.2 Å². The Kier molecular flexibility index (Phi) is 5.50. The molecule has 25 heavy (non-hydrogen) atoms. The summed E-state index contributed by atoms with van der Waals surface area (Å²) in [5, 5.41) is 5.07. The van der Waals surface area contributed by atoms with E-state index in [-0.39, 0.29) is 17.9 Å². The summed E-state index contributed by atoms with van der Waals surface area (Å²) < 4.78 is 0. The van der Waals surface area contributed by atoms with Crippen LogP contribution in [0.4, 0.5) is 5.69 Å². The minimum atomic E-state index is -0.114. The van der Waals surface area contributed by atoms with E-state index in [0.29, 0.717) is 18.5 Å². The lowest BCUT2D eigenvalue weighted by molar-refractivity contribution is -0.117. The van der Waals surface area contributed by atoms with E-state index < -0.39 is 0 Å². The standard InChI is InChI=1S/C19H23N3O2S/c1-21(2)16(17-8-5-11-25-17)13-20-19(24)14-6-3-7-15(12-14)22-10-4-9-18(22)23/h3,5-8,11-12,16H,4,9-10,13H2,1-2H3,(H,20,24)/t16-/m0/s1. The summed E-state index contributed by atoms with van der Waals surface area (Å²) >= 11 is 1.69. The highest BCUT2D eigenvalue weighted by Gasteiger charge is 2.22. The van der Waals surface area contributed by atoms with Crippen molar-refractivity contribution in [2.24, 2.45) is 0 Å². The van der Waals surface area contributed by atoms with E-state index in [1.807, 2.05) is 37.7 Å². The van der Waals surface area contributed by atoms with Gasteiger partial charge >= 0.3 is 0 Å². The van der Waals surface area contributed by atoms with E-state index in [1.165, 1.54) is 4.88 Å². The number of hydrogen-bond acceptors (Lipinski definition) is 4. The van der Waals surface area contributed by atoms with Crippen LogP contribution in [0, 0.1) is 0 Å². The van der Waals surface area contributed by atoms with Crippen LogP contribution < -0.4 is 10.2 Å². The zero-order valence-electron chi connectivity index (χ0n) is 14.6. The summed E-state index contributed by atoms with van der Waals surface area (Å²) in [5.74, 6) is 0.0137. The number of nitrogens with zero attached hydrogens (tertiary/aromatic N) is 2. The molecule has 3 rings (SSSR count). The molecule has 1 aliphatic heterocycles. The highest BCUT2D eigenvalue weighted by molar-refractivity contribution is 7.10. The van der Waals surface area contributed by atoms with Gasteiger partial charge in [0.15, 0.2) is 0 Å². The van der Waals surface area contributed by atoms with Crippen molar-refractivity contribution < 1.29 is 9.59 Å². The molecule has 0 aliphatic carbocycles. The lowest BCUT2D eigenvalue weighted by Gasteiger charge is -2.23. The zero-order chi connectivity index (χ0) is 17.8. The fourth-order valence-electron chi connectivity index (χ4n) is 3.05. The maximum Gasteiger partial charge on any atom is 0.251 e. The minimum absolute atomic E-state index is 0.114. The molecular weight excluding hydrogens is 334 g/mol. The maximum absolute atomic E-state index is 12.6. The number of nitrogens with one attached hydrogen (secondary N) is 1. The van der Waals surface area contributed by atoms with Gasteiger partial charge in [0.1, 0.15) is 0 Å². The Morgan fingerprint density at radius 1 is 1.32 bits per heavy atom. The Balaban J connectivity index is 1.68. The number of anilines is 1. The molecule has 132 valence electrons. The van der Waals surface area contributed by atoms with Crippen molar-refractivity contribution in [2.75, 3.05) is 32.1 Å². The fraction of sp³-hybridized carbons (Fsp3) is 0.368. The van der Waals surface area contributed by atoms with E-state index in [2.05, 4.69) is 16.3 Å². The Morgan fingerprint density at radius 3 is 2.80 bits per heavy atom. The van der Waals surface area contributed by atoms with Crippen LogP contribution in [-0.2, 0) is 4.79 Å². The summed E-state index contributed by atoms with van der Waals surface area (Å²) in [4.78, 5) is 29.5. The molecule has 1 atom stereocenters. The predicted octanol–water partition coefficient (Wildman–Crippen LogP) is 2.91. The summed E-state index contributed by atoms with van der Waals surface area (Å²) in [7, 11) is 4.02. The van der Waals surface area contributed by atoms with Gasteiger partial charge in [-0.3, -0.25) is 9.59 Å². The summed E-state index contributed by atoms with van der Waals surface area (Å²) in [6.45, 7) is 1.27. The van der Waals surface area contributed by atoms with Gasteiger partial charge < -0.3 is 15.1 Å². The molecular formula is C19H23N3O2S. The monoisotopic (exact) mass is 357 g/mol. The van der Waals surface area contributed by atoms with Gasteiger partial charge in [-0.1, -0.05) is 12.1 Å². The van der Waals surface area contributed by atoms with Crippen LogP contribution in [0.25, 0.3) is 0 Å². The molecule has 0 spiro atoms. The van der Waals surface area contributed by atoms with Crippen LogP contribution in [-0.4, -0.2) is 43.9 Å². The molecule has 5 nitrogen and oxygen atoms in total. The fourth-order valence-corrected chi connectivity index (χ4v) is 3.97. The summed E-state index contributed by atoms with van der Waals surface area (Å²) in [6, 6.07) is 11.6. The second-order valence-electron chi connectivity index (χ2n) is 6.40. The van der Waals surface area contributed by atoms with Crippen molar-refractivity contribution in [2.45, 2.75) is 18.9 Å². The van der Waals surface area contributed by atoms with Gasteiger partial charge in [0.25, 0.3) is 5.91 Å². The number of thiophene rings is 1. The largest absolute Gasteiger partial charge is 0.350 e. The molecule has 1 aromatic carbocycles. The van der Waals surface area contributed by atoms with Gasteiger partial charge in [0, 0.05) is 35.6 Å². The zero-order valence-corrected chi connectivity index (χ0v) is 15.4. The van der Waals surface area contributed by atoms with Crippen molar-refractivity contribution >= 4 is 28.8 Å². The van der Waals surface area contributed by atoms with Crippen LogP contribution in [0.1, 0.15) is 34.1 Å². The maximum atomic E-state index is 12.6. The Morgan fingerprint density at radius 2 is 2.16 bits per heavy atom. The second-order valence-corrected chi connectivity index (χ2v) is 7.38. The van der Waals surface area contributed by atoms with Gasteiger partial charge in [0.2, 0.25) is 5.91 Å². The Bertz CT molecular complexity index is 743. The molecule has 6 heteroatoms. The average molecular weight is 357 g/mol. The Hall–Kier alpha value is -2.18. The lowest BCUT2D eigenvalue weighted by atomic mass is 10.1. The molecule has 2 amide bonds. The average Bonchev–Trinajstić information content (AvgIpc) is 3.26. The smallest absolute Gasteiger partial charge is 0.251 e. The molecule has 1 saturated heterocycles. The lowest BCUT2D eigenvalue weighted by Crippen LogP contribution is -2.34. The molecule has 1 N–H and O–H groups in total. The normalized spacial score (nSPS) is 15.6. The third-order valence-corrected chi connectivity index (χ3v) is 5.42. The molecule has 2 aromatic rings. The first kappa shape index (κ1) is 17.6. The first-order valence-corrected chi connectivity index (χ1v) is 9.32. The highest BCUT2D eigenvalue weighted by atomic mass is 32.1. The minimum Gasteiger partial charge on any atom is -0.350 e. The van der Waals surface area contributed by atoms with Crippen LogP contribution in [0.5, 0.6) is 0 Å². The Labute approximate surface area is 152 Å². The quantitative estimate of drug-likeness (QED) is 0.865. The van der Waals surface area contributed by atoms with E-state index in [1.54, 1.807) is 28.4 Å². The van der Waals surface area contributed by atoms with Crippen LogP contribution in [0.3, 0.4) is 0 Å². The third-order valence-electron chi connectivity index (χ3n) is 4.44. The molecule has 0 unspecified atom stereocenters. The van der Waals surface area contributed by atoms with Gasteiger partial charge in [-0.05, 0) is 50.2 Å². The van der Waals surface area contributed by atoms with Crippen molar-refractivity contribution in [1.29, 1.82) is 0 Å². The van der Waals surface area contributed by atoms with E-state index >= 15 is 0 Å². The summed E-state index contributed by atoms with van der Waals surface area (Å²) in [6.07, 6.45) is 1.46. The SMILES string of the molecule is CN(C)[C@@H](CNC(=O)c1cccc(N2CCCC2=O)c1)c1cccs1. The molecule has 2 heterocycles. The van der Waals surface area contributed by atoms with Gasteiger partial charge in [-0.15, -0.1) is 11.3 Å². The second kappa shape index (κ2) is 7.80. The molecule has 1 aromatic heterocycles. The van der Waals surface area contributed by atoms with Crippen LogP contribution in [0.2, 0.25) is 0 Å². The predicted molar refractivity (Wildman–Crippen MR) is 101 cm³/mol. The van der Waals surface area contributed by atoms with Crippen molar-refractivity contribution in [3.8, 4) is 0 Å². The third kappa shape index (κ3) is 4.08. The number of benzene rings is 1. The first-order chi connectivity index (χ1) is 12.1. The number of amides is 2. The van der Waals surface area contributed by atoms with Crippen LogP contribution in [0.15, 0.2) is 41.8 Å². The molecule has 0 bridgehead atoms. The van der Waals surface area contributed by atoms with Crippen molar-refractivity contribution in [3.05, 3.63) is 52.2 Å². The molecule has 1 fully saturated rings. The first-order valence-electron chi connectivity index (χ1n) is 8.44. The molecule has 1 aliphatic rings. The number of hydrogen-bond donors (Lipinski definition) is 1. The van der Waals surface area contributed by atoms with E-state index in [9.17, 15) is 9.59 Å². The number of likely N-dealkylation sites (N-methyl/N-ethyl adjacent to an activating group) is 1. The van der Waals surface area contributed by atoms with Gasteiger partial charge in [-0.2, -0.15) is 0 Å². The van der Waals surface area contributed by atoms with E-state index in [4.69, 9.17) is 0 Å². The highest BCUT2D eigenvalue weighted by Crippen LogP contribution is 2.24. The summed E-state index contributed by atoms with van der Waals surface area (Å²) in [5.41, 5.74) is 1.39. The van der Waals surface area contributed by atoms with Crippen LogP contribution >= 0.6 is 11.3 Å². The number of carbonyl (C=O) groups is 2. The van der Waals surface area contributed by atoms with E-state index in [0.717, 1.165) is 18.7 Å². The topological polar surface area (TPSA) is 52.7 Å². The molecule has 0 radical (unpaired) electrons. The van der Waals surface area contributed by atoms with Gasteiger partial charge in [-0.25, -0.2) is 0 Å². The number of rotatable bonds is 6. The van der Waals surface area contributed by atoms with Gasteiger partial charge in [0.05, 0.1) is 6.04 Å².